The molecule has 3 heteroatoms. The van der Waals surface area contributed by atoms with Gasteiger partial charge < -0.3 is 10.1 Å². The summed E-state index contributed by atoms with van der Waals surface area (Å²) in [5.41, 5.74) is 2.84. The predicted molar refractivity (Wildman–Crippen MR) is 70.0 cm³/mol. The summed E-state index contributed by atoms with van der Waals surface area (Å²) < 4.78 is 5.30. The number of ether oxygens (including phenoxy) is 1. The first-order valence-corrected chi connectivity index (χ1v) is 5.93. The summed E-state index contributed by atoms with van der Waals surface area (Å²) in [4.78, 5) is 12.1. The van der Waals surface area contributed by atoms with E-state index in [0.717, 1.165) is 29.7 Å². The molecule has 0 aromatic heterocycles. The molecule has 1 aromatic rings. The third-order valence-electron chi connectivity index (χ3n) is 2.77. The topological polar surface area (TPSA) is 38.3 Å². The number of carbonyl (C=O) groups excluding carboxylic acids is 1. The standard InChI is InChI=1S/C14H21NO2/c1-10-8-11(2)14(13(9-10)17-4)12(16)6-5-7-15-3/h8-9,15H,5-7H2,1-4H3. The van der Waals surface area contributed by atoms with Crippen molar-refractivity contribution in [2.24, 2.45) is 0 Å². The number of nitrogens with one attached hydrogen (secondary N) is 1. The van der Waals surface area contributed by atoms with E-state index in [1.165, 1.54) is 0 Å². The van der Waals surface area contributed by atoms with E-state index >= 15 is 0 Å². The summed E-state index contributed by atoms with van der Waals surface area (Å²) in [6.45, 7) is 4.82. The van der Waals surface area contributed by atoms with Gasteiger partial charge in [0.1, 0.15) is 5.75 Å². The van der Waals surface area contributed by atoms with Gasteiger partial charge in [-0.2, -0.15) is 0 Å². The minimum Gasteiger partial charge on any atom is -0.496 e. The Morgan fingerprint density at radius 2 is 2.06 bits per heavy atom. The number of Topliss-reactive ketones (excluding diaryl/α,β-unsaturated/α-hetero) is 1. The summed E-state index contributed by atoms with van der Waals surface area (Å²) in [6.07, 6.45) is 1.41. The molecule has 0 fully saturated rings. The lowest BCUT2D eigenvalue weighted by Gasteiger charge is -2.12. The molecule has 0 spiro atoms. The van der Waals surface area contributed by atoms with E-state index in [0.29, 0.717) is 12.2 Å². The van der Waals surface area contributed by atoms with Crippen LogP contribution in [0, 0.1) is 13.8 Å². The number of benzene rings is 1. The normalized spacial score (nSPS) is 10.4. The maximum Gasteiger partial charge on any atom is 0.166 e. The van der Waals surface area contributed by atoms with Crippen molar-refractivity contribution in [1.29, 1.82) is 0 Å². The Labute approximate surface area is 103 Å². The van der Waals surface area contributed by atoms with Crippen LogP contribution in [0.4, 0.5) is 0 Å². The molecule has 0 saturated heterocycles. The number of methoxy groups -OCH3 is 1. The number of aryl methyl sites for hydroxylation is 2. The van der Waals surface area contributed by atoms with Gasteiger partial charge >= 0.3 is 0 Å². The lowest BCUT2D eigenvalue weighted by atomic mass is 9.98. The lowest BCUT2D eigenvalue weighted by Crippen LogP contribution is -2.11. The highest BCUT2D eigenvalue weighted by molar-refractivity contribution is 6.00. The van der Waals surface area contributed by atoms with E-state index in [1.54, 1.807) is 7.11 Å². The Morgan fingerprint density at radius 3 is 2.65 bits per heavy atom. The second kappa shape index (κ2) is 6.40. The number of carbonyl (C=O) groups is 1. The third-order valence-corrected chi connectivity index (χ3v) is 2.77. The van der Waals surface area contributed by atoms with Crippen LogP contribution in [0.1, 0.15) is 34.3 Å². The van der Waals surface area contributed by atoms with Crippen molar-refractivity contribution in [3.63, 3.8) is 0 Å². The average molecular weight is 235 g/mol. The molecule has 0 heterocycles. The van der Waals surface area contributed by atoms with Gasteiger partial charge in [0.15, 0.2) is 5.78 Å². The van der Waals surface area contributed by atoms with Crippen LogP contribution in [0.3, 0.4) is 0 Å². The van der Waals surface area contributed by atoms with Crippen LogP contribution in [-0.2, 0) is 0 Å². The quantitative estimate of drug-likeness (QED) is 0.608. The van der Waals surface area contributed by atoms with Gasteiger partial charge in [-0.1, -0.05) is 6.07 Å². The summed E-state index contributed by atoms with van der Waals surface area (Å²) in [5.74, 6) is 0.853. The van der Waals surface area contributed by atoms with Crippen LogP contribution in [0.5, 0.6) is 5.75 Å². The highest BCUT2D eigenvalue weighted by Gasteiger charge is 2.15. The van der Waals surface area contributed by atoms with Gasteiger partial charge in [-0.25, -0.2) is 0 Å². The Bertz CT molecular complexity index is 399. The highest BCUT2D eigenvalue weighted by Crippen LogP contribution is 2.25. The Balaban J connectivity index is 2.92. The fourth-order valence-corrected chi connectivity index (χ4v) is 2.00. The zero-order valence-electron chi connectivity index (χ0n) is 11.1. The summed E-state index contributed by atoms with van der Waals surface area (Å²) in [6, 6.07) is 3.94. The van der Waals surface area contributed by atoms with Crippen LogP contribution in [0.25, 0.3) is 0 Å². The summed E-state index contributed by atoms with van der Waals surface area (Å²) in [5, 5.41) is 3.04. The molecule has 0 saturated carbocycles. The SMILES string of the molecule is CNCCCC(=O)c1c(C)cc(C)cc1OC. The molecule has 1 rings (SSSR count). The fourth-order valence-electron chi connectivity index (χ4n) is 2.00. The first-order valence-electron chi connectivity index (χ1n) is 5.93. The number of ketones is 1. The van der Waals surface area contributed by atoms with Gasteiger partial charge in [-0.05, 0) is 51.1 Å². The Kier molecular flexibility index (Phi) is 5.16. The van der Waals surface area contributed by atoms with E-state index in [4.69, 9.17) is 4.74 Å². The Hall–Kier alpha value is -1.35. The van der Waals surface area contributed by atoms with Gasteiger partial charge in [0.2, 0.25) is 0 Å². The van der Waals surface area contributed by atoms with Crippen LogP contribution >= 0.6 is 0 Å². The molecule has 0 aliphatic carbocycles. The molecule has 0 bridgehead atoms. The molecule has 0 unspecified atom stereocenters. The zero-order chi connectivity index (χ0) is 12.8. The monoisotopic (exact) mass is 235 g/mol. The maximum atomic E-state index is 12.1. The molecule has 1 aromatic carbocycles. The van der Waals surface area contributed by atoms with Gasteiger partial charge in [0.25, 0.3) is 0 Å². The van der Waals surface area contributed by atoms with Crippen LogP contribution < -0.4 is 10.1 Å². The lowest BCUT2D eigenvalue weighted by molar-refractivity contribution is 0.0976. The maximum absolute atomic E-state index is 12.1. The molecule has 94 valence electrons. The molecule has 17 heavy (non-hydrogen) atoms. The zero-order valence-corrected chi connectivity index (χ0v) is 11.1. The first-order chi connectivity index (χ1) is 8.10. The minimum atomic E-state index is 0.162. The summed E-state index contributed by atoms with van der Waals surface area (Å²) >= 11 is 0. The van der Waals surface area contributed by atoms with E-state index in [1.807, 2.05) is 33.0 Å². The molecular weight excluding hydrogens is 214 g/mol. The average Bonchev–Trinajstić information content (AvgIpc) is 2.27. The molecule has 0 aliphatic heterocycles. The molecule has 1 N–H and O–H groups in total. The predicted octanol–water partition coefficient (Wildman–Crippen LogP) is 2.49. The van der Waals surface area contributed by atoms with Gasteiger partial charge in [-0.3, -0.25) is 4.79 Å². The highest BCUT2D eigenvalue weighted by atomic mass is 16.5. The van der Waals surface area contributed by atoms with Gasteiger partial charge in [0, 0.05) is 6.42 Å². The van der Waals surface area contributed by atoms with E-state index < -0.39 is 0 Å². The molecule has 0 amide bonds. The smallest absolute Gasteiger partial charge is 0.166 e. The van der Waals surface area contributed by atoms with Crippen molar-refractivity contribution in [1.82, 2.24) is 5.32 Å². The second-order valence-corrected chi connectivity index (χ2v) is 4.29. The first kappa shape index (κ1) is 13.7. The van der Waals surface area contributed by atoms with E-state index in [2.05, 4.69) is 5.32 Å². The van der Waals surface area contributed by atoms with Crippen molar-refractivity contribution in [2.75, 3.05) is 20.7 Å². The van der Waals surface area contributed by atoms with Crippen molar-refractivity contribution in [3.8, 4) is 5.75 Å². The van der Waals surface area contributed by atoms with Gasteiger partial charge in [0.05, 0.1) is 12.7 Å². The fraction of sp³-hybridized carbons (Fsp3) is 0.500. The molecule has 0 radical (unpaired) electrons. The molecule has 0 aliphatic rings. The number of hydrogen-bond donors (Lipinski definition) is 1. The molecular formula is C14H21NO2. The molecule has 3 nitrogen and oxygen atoms in total. The number of hydrogen-bond acceptors (Lipinski definition) is 3. The Morgan fingerprint density at radius 1 is 1.35 bits per heavy atom. The third kappa shape index (κ3) is 3.56. The van der Waals surface area contributed by atoms with Crippen molar-refractivity contribution >= 4 is 5.78 Å². The second-order valence-electron chi connectivity index (χ2n) is 4.29. The van der Waals surface area contributed by atoms with Crippen molar-refractivity contribution in [2.45, 2.75) is 26.7 Å². The van der Waals surface area contributed by atoms with Crippen LogP contribution in [0.15, 0.2) is 12.1 Å². The van der Waals surface area contributed by atoms with Crippen LogP contribution in [0.2, 0.25) is 0 Å². The van der Waals surface area contributed by atoms with Crippen LogP contribution in [-0.4, -0.2) is 26.5 Å². The van der Waals surface area contributed by atoms with Crippen molar-refractivity contribution in [3.05, 3.63) is 28.8 Å². The number of rotatable bonds is 6. The van der Waals surface area contributed by atoms with E-state index in [9.17, 15) is 4.79 Å². The summed E-state index contributed by atoms with van der Waals surface area (Å²) in [7, 11) is 3.50. The van der Waals surface area contributed by atoms with Crippen molar-refractivity contribution < 1.29 is 9.53 Å². The minimum absolute atomic E-state index is 0.162. The largest absolute Gasteiger partial charge is 0.496 e. The molecule has 0 atom stereocenters. The van der Waals surface area contributed by atoms with E-state index in [-0.39, 0.29) is 5.78 Å². The van der Waals surface area contributed by atoms with Gasteiger partial charge in [-0.15, -0.1) is 0 Å².